The summed E-state index contributed by atoms with van der Waals surface area (Å²) < 4.78 is 5.39. The molecule has 0 spiro atoms. The third kappa shape index (κ3) is 2.53. The first kappa shape index (κ1) is 9.65. The Bertz CT molecular complexity index is 448. The summed E-state index contributed by atoms with van der Waals surface area (Å²) >= 11 is 0. The van der Waals surface area contributed by atoms with Crippen molar-refractivity contribution in [1.82, 2.24) is 0 Å². The lowest BCUT2D eigenvalue weighted by Crippen LogP contribution is -1.98. The molecule has 0 aliphatic heterocycles. The fourth-order valence-electron chi connectivity index (χ4n) is 1.42. The van der Waals surface area contributed by atoms with E-state index in [0.717, 1.165) is 29.4 Å². The molecule has 1 aromatic heterocycles. The molecule has 0 saturated heterocycles. The Kier molecular flexibility index (Phi) is 2.63. The van der Waals surface area contributed by atoms with Gasteiger partial charge in [-0.2, -0.15) is 0 Å². The van der Waals surface area contributed by atoms with Gasteiger partial charge < -0.3 is 15.5 Å². The number of rotatable bonds is 3. The molecule has 78 valence electrons. The van der Waals surface area contributed by atoms with Crippen molar-refractivity contribution in [1.29, 1.82) is 0 Å². The highest BCUT2D eigenvalue weighted by molar-refractivity contribution is 5.42. The van der Waals surface area contributed by atoms with Gasteiger partial charge in [-0.3, -0.25) is 0 Å². The van der Waals surface area contributed by atoms with Crippen molar-refractivity contribution in [2.24, 2.45) is 0 Å². The molecule has 0 bridgehead atoms. The minimum absolute atomic E-state index is 0.720. The molecule has 2 aromatic rings. The molecule has 3 nitrogen and oxygen atoms in total. The summed E-state index contributed by atoms with van der Waals surface area (Å²) in [7, 11) is 0. The van der Waals surface area contributed by atoms with Crippen LogP contribution in [0.1, 0.15) is 11.3 Å². The van der Waals surface area contributed by atoms with Gasteiger partial charge >= 0.3 is 0 Å². The van der Waals surface area contributed by atoms with E-state index in [9.17, 15) is 0 Å². The van der Waals surface area contributed by atoms with Crippen molar-refractivity contribution in [3.8, 4) is 0 Å². The highest BCUT2D eigenvalue weighted by atomic mass is 16.4. The van der Waals surface area contributed by atoms with E-state index in [1.54, 1.807) is 0 Å². The number of hydrogen-bond acceptors (Lipinski definition) is 3. The second-order valence-electron chi connectivity index (χ2n) is 3.51. The minimum Gasteiger partial charge on any atom is -0.446 e. The molecule has 15 heavy (non-hydrogen) atoms. The number of furan rings is 1. The topological polar surface area (TPSA) is 51.2 Å². The van der Waals surface area contributed by atoms with Gasteiger partial charge in [-0.05, 0) is 30.7 Å². The fourth-order valence-corrected chi connectivity index (χ4v) is 1.42. The molecule has 0 fully saturated rings. The van der Waals surface area contributed by atoms with E-state index >= 15 is 0 Å². The number of hydrogen-bond donors (Lipinski definition) is 2. The van der Waals surface area contributed by atoms with Crippen LogP contribution < -0.4 is 11.1 Å². The molecule has 0 saturated carbocycles. The van der Waals surface area contributed by atoms with E-state index in [2.05, 4.69) is 5.32 Å². The van der Waals surface area contributed by atoms with Gasteiger partial charge in [0.05, 0.1) is 0 Å². The van der Waals surface area contributed by atoms with Crippen LogP contribution in [0.3, 0.4) is 0 Å². The summed E-state index contributed by atoms with van der Waals surface area (Å²) in [5.74, 6) is 1.69. The smallest absolute Gasteiger partial charge is 0.193 e. The van der Waals surface area contributed by atoms with E-state index in [1.165, 1.54) is 0 Å². The first-order valence-electron chi connectivity index (χ1n) is 4.89. The zero-order chi connectivity index (χ0) is 10.7. The van der Waals surface area contributed by atoms with Crippen molar-refractivity contribution in [3.63, 3.8) is 0 Å². The zero-order valence-electron chi connectivity index (χ0n) is 8.66. The van der Waals surface area contributed by atoms with Crippen molar-refractivity contribution < 1.29 is 4.42 Å². The maximum Gasteiger partial charge on any atom is 0.193 e. The van der Waals surface area contributed by atoms with Gasteiger partial charge in [0.2, 0.25) is 0 Å². The first-order chi connectivity index (χ1) is 7.24. The third-order valence-electron chi connectivity index (χ3n) is 2.16. The highest BCUT2D eigenvalue weighted by Crippen LogP contribution is 2.14. The van der Waals surface area contributed by atoms with Crippen LogP contribution in [0.15, 0.2) is 40.8 Å². The van der Waals surface area contributed by atoms with E-state index in [4.69, 9.17) is 10.2 Å². The summed E-state index contributed by atoms with van der Waals surface area (Å²) in [5.41, 5.74) is 7.61. The molecule has 0 aliphatic carbocycles. The molecule has 3 heteroatoms. The molecule has 1 aromatic carbocycles. The number of aryl methyl sites for hydroxylation is 1. The van der Waals surface area contributed by atoms with E-state index in [0.29, 0.717) is 0 Å². The average molecular weight is 202 g/mol. The Labute approximate surface area is 88.9 Å². The summed E-state index contributed by atoms with van der Waals surface area (Å²) in [5, 5.41) is 3.19. The monoisotopic (exact) mass is 202 g/mol. The second kappa shape index (κ2) is 4.09. The Morgan fingerprint density at radius 3 is 2.80 bits per heavy atom. The van der Waals surface area contributed by atoms with Crippen LogP contribution in [0.4, 0.5) is 11.6 Å². The number of nitrogens with two attached hydrogens (primary N) is 1. The Morgan fingerprint density at radius 1 is 1.27 bits per heavy atom. The molecule has 0 unspecified atom stereocenters. The van der Waals surface area contributed by atoms with Crippen molar-refractivity contribution in [2.75, 3.05) is 11.1 Å². The molecule has 1 heterocycles. The number of anilines is 2. The molecular weight excluding hydrogens is 188 g/mol. The molecule has 0 atom stereocenters. The SMILES string of the molecule is Cc1ccc(NCc2cccc(N)c2)o1. The van der Waals surface area contributed by atoms with Crippen molar-refractivity contribution in [2.45, 2.75) is 13.5 Å². The van der Waals surface area contributed by atoms with E-state index in [-0.39, 0.29) is 0 Å². The predicted octanol–water partition coefficient (Wildman–Crippen LogP) is 2.78. The van der Waals surface area contributed by atoms with Crippen LogP contribution in [0.2, 0.25) is 0 Å². The van der Waals surface area contributed by atoms with Gasteiger partial charge in [0.15, 0.2) is 5.88 Å². The maximum absolute atomic E-state index is 5.68. The summed E-state index contributed by atoms with van der Waals surface area (Å²) in [4.78, 5) is 0. The van der Waals surface area contributed by atoms with Crippen LogP contribution in [-0.4, -0.2) is 0 Å². The maximum atomic E-state index is 5.68. The fraction of sp³-hybridized carbons (Fsp3) is 0.167. The zero-order valence-corrected chi connectivity index (χ0v) is 8.66. The molecule has 2 rings (SSSR count). The number of nitrogen functional groups attached to an aromatic ring is 1. The third-order valence-corrected chi connectivity index (χ3v) is 2.16. The van der Waals surface area contributed by atoms with Gasteiger partial charge in [0.1, 0.15) is 5.76 Å². The summed E-state index contributed by atoms with van der Waals surface area (Å²) in [6.45, 7) is 2.64. The van der Waals surface area contributed by atoms with Gasteiger partial charge in [-0.1, -0.05) is 12.1 Å². The minimum atomic E-state index is 0.720. The molecule has 0 amide bonds. The molecular formula is C12H14N2O. The lowest BCUT2D eigenvalue weighted by Gasteiger charge is -2.03. The summed E-state index contributed by atoms with van der Waals surface area (Å²) in [6, 6.07) is 11.6. The van der Waals surface area contributed by atoms with Crippen molar-refractivity contribution in [3.05, 3.63) is 47.7 Å². The van der Waals surface area contributed by atoms with Crippen LogP contribution in [0, 0.1) is 6.92 Å². The van der Waals surface area contributed by atoms with Gasteiger partial charge in [0.25, 0.3) is 0 Å². The van der Waals surface area contributed by atoms with Gasteiger partial charge in [-0.15, -0.1) is 0 Å². The van der Waals surface area contributed by atoms with Crippen LogP contribution in [-0.2, 0) is 6.54 Å². The number of nitrogens with one attached hydrogen (secondary N) is 1. The largest absolute Gasteiger partial charge is 0.446 e. The normalized spacial score (nSPS) is 10.2. The quantitative estimate of drug-likeness (QED) is 0.752. The lowest BCUT2D eigenvalue weighted by molar-refractivity contribution is 0.546. The Balaban J connectivity index is 1.99. The molecule has 3 N–H and O–H groups in total. The van der Waals surface area contributed by atoms with Crippen LogP contribution in [0.5, 0.6) is 0 Å². The summed E-state index contributed by atoms with van der Waals surface area (Å²) in [6.07, 6.45) is 0. The first-order valence-corrected chi connectivity index (χ1v) is 4.89. The van der Waals surface area contributed by atoms with Crippen LogP contribution >= 0.6 is 0 Å². The molecule has 0 aliphatic rings. The van der Waals surface area contributed by atoms with E-state index in [1.807, 2.05) is 43.3 Å². The predicted molar refractivity (Wildman–Crippen MR) is 61.6 cm³/mol. The lowest BCUT2D eigenvalue weighted by atomic mass is 10.2. The van der Waals surface area contributed by atoms with Gasteiger partial charge in [0, 0.05) is 18.3 Å². The van der Waals surface area contributed by atoms with Crippen molar-refractivity contribution >= 4 is 11.6 Å². The Hall–Kier alpha value is -1.90. The van der Waals surface area contributed by atoms with E-state index < -0.39 is 0 Å². The average Bonchev–Trinajstić information content (AvgIpc) is 2.62. The highest BCUT2D eigenvalue weighted by Gasteiger charge is 1.98. The second-order valence-corrected chi connectivity index (χ2v) is 3.51. The van der Waals surface area contributed by atoms with Gasteiger partial charge in [-0.25, -0.2) is 0 Å². The van der Waals surface area contributed by atoms with Crippen LogP contribution in [0.25, 0.3) is 0 Å². The standard InChI is InChI=1S/C12H14N2O/c1-9-5-6-12(15-9)14-8-10-3-2-4-11(13)7-10/h2-7,14H,8,13H2,1H3. The molecule has 0 radical (unpaired) electrons. The number of benzene rings is 1. The Morgan fingerprint density at radius 2 is 2.13 bits per heavy atom.